The van der Waals surface area contributed by atoms with Gasteiger partial charge in [-0.25, -0.2) is 13.6 Å². The average Bonchev–Trinajstić information content (AvgIpc) is 2.60. The molecule has 1 atom stereocenters. The Labute approximate surface area is 148 Å². The molecule has 0 bridgehead atoms. The molecule has 0 heterocycles. The summed E-state index contributed by atoms with van der Waals surface area (Å²) in [6.45, 7) is 0. The molecule has 132 valence electrons. The molecule has 0 aliphatic carbocycles. The number of benzene rings is 2. The Hall–Kier alpha value is -2.41. The van der Waals surface area contributed by atoms with Crippen molar-refractivity contribution in [3.63, 3.8) is 0 Å². The monoisotopic (exact) mass is 365 g/mol. The largest absolute Gasteiger partial charge is 0.467 e. The maximum Gasteiger partial charge on any atom is 0.328 e. The fourth-order valence-corrected chi connectivity index (χ4v) is 2.89. The standard InChI is InChI=1S/C18H17F2NO3S/c1-24-18(23)15(9-12-5-3-2-4-6-12)21-17(22)11-25-16-8-7-13(19)10-14(16)20/h2-8,10,15H,9,11H2,1H3,(H,21,22)/t15-/m0/s1. The number of ether oxygens (including phenoxy) is 1. The molecule has 0 aliphatic heterocycles. The molecule has 0 unspecified atom stereocenters. The van der Waals surface area contributed by atoms with E-state index in [1.54, 1.807) is 0 Å². The molecule has 25 heavy (non-hydrogen) atoms. The van der Waals surface area contributed by atoms with Crippen molar-refractivity contribution in [2.24, 2.45) is 0 Å². The first kappa shape index (κ1) is 18.9. The molecule has 4 nitrogen and oxygen atoms in total. The van der Waals surface area contributed by atoms with Gasteiger partial charge in [-0.1, -0.05) is 30.3 Å². The lowest BCUT2D eigenvalue weighted by molar-refractivity contribution is -0.144. The van der Waals surface area contributed by atoms with E-state index in [0.717, 1.165) is 29.5 Å². The molecule has 0 aromatic heterocycles. The maximum absolute atomic E-state index is 13.6. The van der Waals surface area contributed by atoms with Crippen LogP contribution in [0.2, 0.25) is 0 Å². The first-order valence-electron chi connectivity index (χ1n) is 7.48. The van der Waals surface area contributed by atoms with Gasteiger partial charge in [0.2, 0.25) is 5.91 Å². The smallest absolute Gasteiger partial charge is 0.328 e. The summed E-state index contributed by atoms with van der Waals surface area (Å²) >= 11 is 0.926. The molecule has 2 rings (SSSR count). The third kappa shape index (κ3) is 5.86. The molecule has 0 spiro atoms. The van der Waals surface area contributed by atoms with Crippen LogP contribution >= 0.6 is 11.8 Å². The number of methoxy groups -OCH3 is 1. The van der Waals surface area contributed by atoms with Gasteiger partial charge in [0.15, 0.2) is 0 Å². The molecule has 0 fully saturated rings. The second-order valence-electron chi connectivity index (χ2n) is 5.20. The van der Waals surface area contributed by atoms with Crippen molar-refractivity contribution >= 4 is 23.6 Å². The van der Waals surface area contributed by atoms with Crippen LogP contribution in [0.4, 0.5) is 8.78 Å². The number of hydrogen-bond donors (Lipinski definition) is 1. The van der Waals surface area contributed by atoms with Gasteiger partial charge in [-0.2, -0.15) is 0 Å². The number of thioether (sulfide) groups is 1. The predicted octanol–water partition coefficient (Wildman–Crippen LogP) is 2.96. The lowest BCUT2D eigenvalue weighted by Crippen LogP contribution is -2.43. The molecule has 1 N–H and O–H groups in total. The first-order valence-corrected chi connectivity index (χ1v) is 8.47. The van der Waals surface area contributed by atoms with Crippen molar-refractivity contribution in [2.75, 3.05) is 12.9 Å². The topological polar surface area (TPSA) is 55.4 Å². The van der Waals surface area contributed by atoms with Gasteiger partial charge < -0.3 is 10.1 Å². The van der Waals surface area contributed by atoms with Crippen molar-refractivity contribution in [1.29, 1.82) is 0 Å². The quantitative estimate of drug-likeness (QED) is 0.605. The van der Waals surface area contributed by atoms with E-state index >= 15 is 0 Å². The maximum atomic E-state index is 13.6. The van der Waals surface area contributed by atoms with E-state index in [9.17, 15) is 18.4 Å². The van der Waals surface area contributed by atoms with Crippen molar-refractivity contribution in [3.8, 4) is 0 Å². The van der Waals surface area contributed by atoms with Crippen LogP contribution < -0.4 is 5.32 Å². The van der Waals surface area contributed by atoms with Crippen molar-refractivity contribution < 1.29 is 23.1 Å². The van der Waals surface area contributed by atoms with Crippen LogP contribution in [0.1, 0.15) is 5.56 Å². The van der Waals surface area contributed by atoms with E-state index in [1.165, 1.54) is 13.2 Å². The Morgan fingerprint density at radius 3 is 2.52 bits per heavy atom. The van der Waals surface area contributed by atoms with Gasteiger partial charge in [0.05, 0.1) is 12.9 Å². The third-order valence-electron chi connectivity index (χ3n) is 3.36. The van der Waals surface area contributed by atoms with E-state index in [-0.39, 0.29) is 17.1 Å². The second kappa shape index (κ2) is 9.17. The highest BCUT2D eigenvalue weighted by molar-refractivity contribution is 8.00. The van der Waals surface area contributed by atoms with Gasteiger partial charge in [-0.15, -0.1) is 11.8 Å². The van der Waals surface area contributed by atoms with Crippen LogP contribution in [0.25, 0.3) is 0 Å². The number of nitrogens with one attached hydrogen (secondary N) is 1. The highest BCUT2D eigenvalue weighted by atomic mass is 32.2. The molecule has 7 heteroatoms. The fraction of sp³-hybridized carbons (Fsp3) is 0.222. The second-order valence-corrected chi connectivity index (χ2v) is 6.21. The summed E-state index contributed by atoms with van der Waals surface area (Å²) in [5.74, 6) is -2.52. The number of halogens is 2. The zero-order chi connectivity index (χ0) is 18.2. The highest BCUT2D eigenvalue weighted by Crippen LogP contribution is 2.22. The predicted molar refractivity (Wildman–Crippen MR) is 91.2 cm³/mol. The molecular formula is C18H17F2NO3S. The van der Waals surface area contributed by atoms with E-state index in [0.29, 0.717) is 0 Å². The van der Waals surface area contributed by atoms with Crippen molar-refractivity contribution in [2.45, 2.75) is 17.4 Å². The Balaban J connectivity index is 1.95. The van der Waals surface area contributed by atoms with Crippen LogP contribution in [0.15, 0.2) is 53.4 Å². The lowest BCUT2D eigenvalue weighted by atomic mass is 10.1. The minimum absolute atomic E-state index is 0.106. The summed E-state index contributed by atoms with van der Waals surface area (Å²) in [5.41, 5.74) is 0.871. The van der Waals surface area contributed by atoms with Gasteiger partial charge in [0.1, 0.15) is 17.7 Å². The molecule has 2 aromatic rings. The summed E-state index contributed by atoms with van der Waals surface area (Å²) in [4.78, 5) is 24.1. The molecular weight excluding hydrogens is 348 g/mol. The summed E-state index contributed by atoms with van der Waals surface area (Å²) in [6, 6.07) is 11.5. The normalized spacial score (nSPS) is 11.6. The Kier molecular flexibility index (Phi) is 6.94. The molecule has 0 aliphatic rings. The van der Waals surface area contributed by atoms with Crippen LogP contribution in [0.3, 0.4) is 0 Å². The van der Waals surface area contributed by atoms with Crippen molar-refractivity contribution in [1.82, 2.24) is 5.32 Å². The van der Waals surface area contributed by atoms with Crippen LogP contribution in [0, 0.1) is 11.6 Å². The highest BCUT2D eigenvalue weighted by Gasteiger charge is 2.22. The minimum Gasteiger partial charge on any atom is -0.467 e. The number of amides is 1. The van der Waals surface area contributed by atoms with E-state index in [1.807, 2.05) is 30.3 Å². The number of carbonyl (C=O) groups is 2. The number of rotatable bonds is 7. The summed E-state index contributed by atoms with van der Waals surface area (Å²) in [5, 5.41) is 2.59. The summed E-state index contributed by atoms with van der Waals surface area (Å²) in [7, 11) is 1.25. The van der Waals surface area contributed by atoms with Crippen LogP contribution in [-0.2, 0) is 20.7 Å². The van der Waals surface area contributed by atoms with Gasteiger partial charge in [-0.05, 0) is 17.7 Å². The molecule has 2 aromatic carbocycles. The Morgan fingerprint density at radius 2 is 1.88 bits per heavy atom. The zero-order valence-corrected chi connectivity index (χ0v) is 14.3. The van der Waals surface area contributed by atoms with Gasteiger partial charge in [0.25, 0.3) is 0 Å². The number of carbonyl (C=O) groups excluding carboxylic acids is 2. The average molecular weight is 365 g/mol. The molecule has 1 amide bonds. The van der Waals surface area contributed by atoms with Crippen molar-refractivity contribution in [3.05, 3.63) is 65.7 Å². The number of hydrogen-bond acceptors (Lipinski definition) is 4. The molecule has 0 saturated heterocycles. The van der Waals surface area contributed by atoms with Gasteiger partial charge in [-0.3, -0.25) is 4.79 Å². The van der Waals surface area contributed by atoms with Gasteiger partial charge >= 0.3 is 5.97 Å². The zero-order valence-electron chi connectivity index (χ0n) is 13.5. The fourth-order valence-electron chi connectivity index (χ4n) is 2.16. The molecule has 0 radical (unpaired) electrons. The van der Waals surface area contributed by atoms with Crippen LogP contribution in [-0.4, -0.2) is 30.8 Å². The minimum atomic E-state index is -0.835. The van der Waals surface area contributed by atoms with Crippen LogP contribution in [0.5, 0.6) is 0 Å². The Morgan fingerprint density at radius 1 is 1.16 bits per heavy atom. The summed E-state index contributed by atoms with van der Waals surface area (Å²) < 4.78 is 31.2. The molecule has 0 saturated carbocycles. The van der Waals surface area contributed by atoms with E-state index in [4.69, 9.17) is 4.74 Å². The number of esters is 1. The lowest BCUT2D eigenvalue weighted by Gasteiger charge is -2.16. The van der Waals surface area contributed by atoms with E-state index < -0.39 is 29.6 Å². The van der Waals surface area contributed by atoms with E-state index in [2.05, 4.69) is 5.32 Å². The first-order chi connectivity index (χ1) is 12.0. The Bertz CT molecular complexity index is 740. The summed E-state index contributed by atoms with van der Waals surface area (Å²) in [6.07, 6.45) is 0.287. The SMILES string of the molecule is COC(=O)[C@H](Cc1ccccc1)NC(=O)CSc1ccc(F)cc1F. The third-order valence-corrected chi connectivity index (χ3v) is 4.40. The van der Waals surface area contributed by atoms with Gasteiger partial charge in [0, 0.05) is 17.4 Å².